The molecule has 0 bridgehead atoms. The Morgan fingerprint density at radius 1 is 1.60 bits per heavy atom. The van der Waals surface area contributed by atoms with E-state index in [2.05, 4.69) is 24.9 Å². The molecule has 1 aromatic heterocycles. The number of rotatable bonds is 2. The minimum Gasteiger partial charge on any atom is -0.365 e. The van der Waals surface area contributed by atoms with E-state index in [1.54, 1.807) is 0 Å². The zero-order chi connectivity index (χ0) is 7.61. The lowest BCUT2D eigenvalue weighted by Crippen LogP contribution is -2.28. The topological polar surface area (TPSA) is 41.8 Å². The lowest BCUT2D eigenvalue weighted by Gasteiger charge is -2.20. The summed E-state index contributed by atoms with van der Waals surface area (Å²) in [5, 5.41) is 0. The van der Waals surface area contributed by atoms with Gasteiger partial charge in [-0.3, -0.25) is 0 Å². The predicted molar refractivity (Wildman–Crippen MR) is 42.9 cm³/mol. The van der Waals surface area contributed by atoms with Crippen molar-refractivity contribution >= 4 is 0 Å². The molecule has 0 aliphatic rings. The Bertz CT molecular complexity index is 187. The fraction of sp³-hybridized carbons (Fsp3) is 0.500. The van der Waals surface area contributed by atoms with E-state index in [1.807, 2.05) is 12.3 Å². The van der Waals surface area contributed by atoms with E-state index in [0.717, 1.165) is 0 Å². The minimum atomic E-state index is 0.0868. The van der Waals surface area contributed by atoms with Crippen molar-refractivity contribution in [2.75, 3.05) is 6.54 Å². The average molecular weight is 138 g/mol. The molecule has 2 nitrogen and oxygen atoms in total. The van der Waals surface area contributed by atoms with Crippen LogP contribution in [-0.2, 0) is 5.41 Å². The van der Waals surface area contributed by atoms with E-state index in [4.69, 9.17) is 5.73 Å². The summed E-state index contributed by atoms with van der Waals surface area (Å²) in [7, 11) is 0. The third-order valence-electron chi connectivity index (χ3n) is 1.84. The van der Waals surface area contributed by atoms with Crippen molar-refractivity contribution in [3.63, 3.8) is 0 Å². The maximum Gasteiger partial charge on any atom is 0.0217 e. The van der Waals surface area contributed by atoms with Gasteiger partial charge in [-0.05, 0) is 12.1 Å². The van der Waals surface area contributed by atoms with Crippen LogP contribution >= 0.6 is 0 Å². The largest absolute Gasteiger partial charge is 0.365 e. The Morgan fingerprint density at radius 3 is 2.70 bits per heavy atom. The van der Waals surface area contributed by atoms with E-state index in [0.29, 0.717) is 6.54 Å². The standard InChI is InChI=1S/C8H14N2/c1-8(2,6-9)7-4-3-5-10-7/h3-5,10H,6,9H2,1-2H3. The summed E-state index contributed by atoms with van der Waals surface area (Å²) in [4.78, 5) is 3.15. The van der Waals surface area contributed by atoms with Crippen LogP contribution in [0.3, 0.4) is 0 Å². The van der Waals surface area contributed by atoms with Gasteiger partial charge in [0.2, 0.25) is 0 Å². The van der Waals surface area contributed by atoms with Gasteiger partial charge in [0.25, 0.3) is 0 Å². The van der Waals surface area contributed by atoms with Gasteiger partial charge >= 0.3 is 0 Å². The van der Waals surface area contributed by atoms with Crippen LogP contribution < -0.4 is 5.73 Å². The van der Waals surface area contributed by atoms with E-state index < -0.39 is 0 Å². The minimum absolute atomic E-state index is 0.0868. The molecule has 0 amide bonds. The van der Waals surface area contributed by atoms with Crippen LogP contribution in [0.1, 0.15) is 19.5 Å². The molecule has 0 saturated carbocycles. The summed E-state index contributed by atoms with van der Waals surface area (Å²) >= 11 is 0. The van der Waals surface area contributed by atoms with Crippen molar-refractivity contribution in [2.45, 2.75) is 19.3 Å². The van der Waals surface area contributed by atoms with Crippen molar-refractivity contribution in [1.82, 2.24) is 4.98 Å². The van der Waals surface area contributed by atoms with Gasteiger partial charge in [-0.25, -0.2) is 0 Å². The average Bonchev–Trinajstić information content (AvgIpc) is 2.38. The van der Waals surface area contributed by atoms with E-state index in [1.165, 1.54) is 5.69 Å². The second kappa shape index (κ2) is 2.46. The van der Waals surface area contributed by atoms with Crippen LogP contribution in [0.5, 0.6) is 0 Å². The van der Waals surface area contributed by atoms with Crippen molar-refractivity contribution in [1.29, 1.82) is 0 Å². The molecular weight excluding hydrogens is 124 g/mol. The molecule has 2 heteroatoms. The number of hydrogen-bond donors (Lipinski definition) is 2. The SMILES string of the molecule is CC(C)(CN)c1ccc[nH]1. The quantitative estimate of drug-likeness (QED) is 0.634. The molecule has 0 spiro atoms. The van der Waals surface area contributed by atoms with Gasteiger partial charge in [0.1, 0.15) is 0 Å². The van der Waals surface area contributed by atoms with Gasteiger partial charge in [0.05, 0.1) is 0 Å². The number of aromatic amines is 1. The second-order valence-electron chi connectivity index (χ2n) is 3.17. The molecule has 56 valence electrons. The monoisotopic (exact) mass is 138 g/mol. The lowest BCUT2D eigenvalue weighted by atomic mass is 9.90. The third-order valence-corrected chi connectivity index (χ3v) is 1.84. The Hall–Kier alpha value is -0.760. The molecule has 1 rings (SSSR count). The fourth-order valence-electron chi connectivity index (χ4n) is 0.861. The van der Waals surface area contributed by atoms with E-state index in [-0.39, 0.29) is 5.41 Å². The van der Waals surface area contributed by atoms with Crippen molar-refractivity contribution in [3.05, 3.63) is 24.0 Å². The van der Waals surface area contributed by atoms with Crippen molar-refractivity contribution in [3.8, 4) is 0 Å². The maximum absolute atomic E-state index is 5.58. The molecule has 1 aromatic rings. The number of nitrogens with one attached hydrogen (secondary N) is 1. The van der Waals surface area contributed by atoms with Gasteiger partial charge < -0.3 is 10.7 Å². The zero-order valence-corrected chi connectivity index (χ0v) is 6.52. The summed E-state index contributed by atoms with van der Waals surface area (Å²) in [5.74, 6) is 0. The number of H-pyrrole nitrogens is 1. The molecule has 0 aromatic carbocycles. The smallest absolute Gasteiger partial charge is 0.0217 e. The first-order valence-corrected chi connectivity index (χ1v) is 3.51. The molecule has 10 heavy (non-hydrogen) atoms. The van der Waals surface area contributed by atoms with Crippen LogP contribution in [0.25, 0.3) is 0 Å². The van der Waals surface area contributed by atoms with Crippen molar-refractivity contribution < 1.29 is 0 Å². The molecular formula is C8H14N2. The van der Waals surface area contributed by atoms with Gasteiger partial charge in [0.15, 0.2) is 0 Å². The first-order chi connectivity index (χ1) is 4.67. The summed E-state index contributed by atoms with van der Waals surface area (Å²) in [5.41, 5.74) is 6.87. The highest BCUT2D eigenvalue weighted by Gasteiger charge is 2.18. The molecule has 0 radical (unpaired) electrons. The van der Waals surface area contributed by atoms with Gasteiger partial charge in [-0.1, -0.05) is 13.8 Å². The molecule has 3 N–H and O–H groups in total. The lowest BCUT2D eigenvalue weighted by molar-refractivity contribution is 0.525. The highest BCUT2D eigenvalue weighted by atomic mass is 14.7. The van der Waals surface area contributed by atoms with Crippen LogP contribution in [0.2, 0.25) is 0 Å². The Morgan fingerprint density at radius 2 is 2.30 bits per heavy atom. The number of nitrogens with two attached hydrogens (primary N) is 1. The molecule has 0 fully saturated rings. The second-order valence-corrected chi connectivity index (χ2v) is 3.17. The van der Waals surface area contributed by atoms with Gasteiger partial charge in [0, 0.05) is 23.9 Å². The highest BCUT2D eigenvalue weighted by Crippen LogP contribution is 2.18. The summed E-state index contributed by atoms with van der Waals surface area (Å²) < 4.78 is 0. The highest BCUT2D eigenvalue weighted by molar-refractivity contribution is 5.15. The first kappa shape index (κ1) is 7.35. The normalized spacial score (nSPS) is 11.9. The van der Waals surface area contributed by atoms with Crippen LogP contribution in [0.4, 0.5) is 0 Å². The zero-order valence-electron chi connectivity index (χ0n) is 6.52. The number of aromatic nitrogens is 1. The summed E-state index contributed by atoms with van der Waals surface area (Å²) in [6.07, 6.45) is 1.92. The Kier molecular flexibility index (Phi) is 1.81. The van der Waals surface area contributed by atoms with Crippen LogP contribution in [0, 0.1) is 0 Å². The first-order valence-electron chi connectivity index (χ1n) is 3.51. The summed E-state index contributed by atoms with van der Waals surface area (Å²) in [6, 6.07) is 4.06. The third kappa shape index (κ3) is 1.21. The molecule has 0 aliphatic carbocycles. The Labute approximate surface area is 61.4 Å². The number of hydrogen-bond acceptors (Lipinski definition) is 1. The predicted octanol–water partition coefficient (Wildman–Crippen LogP) is 1.25. The molecule has 0 aliphatic heterocycles. The van der Waals surface area contributed by atoms with E-state index >= 15 is 0 Å². The maximum atomic E-state index is 5.58. The molecule has 1 heterocycles. The van der Waals surface area contributed by atoms with E-state index in [9.17, 15) is 0 Å². The van der Waals surface area contributed by atoms with Gasteiger partial charge in [-0.15, -0.1) is 0 Å². The van der Waals surface area contributed by atoms with Gasteiger partial charge in [-0.2, -0.15) is 0 Å². The molecule has 0 saturated heterocycles. The summed E-state index contributed by atoms with van der Waals surface area (Å²) in [6.45, 7) is 4.92. The van der Waals surface area contributed by atoms with Crippen LogP contribution in [0.15, 0.2) is 18.3 Å². The Balaban J connectivity index is 2.85. The fourth-order valence-corrected chi connectivity index (χ4v) is 0.861. The molecule has 0 unspecified atom stereocenters. The molecule has 0 atom stereocenters. The van der Waals surface area contributed by atoms with Crippen molar-refractivity contribution in [2.24, 2.45) is 5.73 Å². The van der Waals surface area contributed by atoms with Crippen LogP contribution in [-0.4, -0.2) is 11.5 Å².